The lowest BCUT2D eigenvalue weighted by atomic mass is 10.1. The molecule has 0 aromatic carbocycles. The molecule has 0 saturated heterocycles. The van der Waals surface area contributed by atoms with Gasteiger partial charge < -0.3 is 20.1 Å². The quantitative estimate of drug-likeness (QED) is 0.659. The van der Waals surface area contributed by atoms with Crippen molar-refractivity contribution in [1.82, 2.24) is 15.0 Å². The molecule has 116 valence electrons. The van der Waals surface area contributed by atoms with E-state index in [0.717, 1.165) is 0 Å². The summed E-state index contributed by atoms with van der Waals surface area (Å²) in [5.74, 6) is 0.689. The van der Waals surface area contributed by atoms with Crippen LogP contribution < -0.4 is 15.4 Å². The molecule has 21 heavy (non-hydrogen) atoms. The summed E-state index contributed by atoms with van der Waals surface area (Å²) in [4.78, 5) is 12.5. The molecule has 0 radical (unpaired) electrons. The van der Waals surface area contributed by atoms with Crippen LogP contribution in [0.15, 0.2) is 0 Å². The zero-order valence-electron chi connectivity index (χ0n) is 12.9. The van der Waals surface area contributed by atoms with Crippen molar-refractivity contribution in [2.75, 3.05) is 37.0 Å². The molecular weight excluding hydrogens is 272 g/mol. The van der Waals surface area contributed by atoms with Crippen LogP contribution in [0.3, 0.4) is 0 Å². The maximum Gasteiger partial charge on any atom is 0.323 e. The van der Waals surface area contributed by atoms with Crippen LogP contribution in [-0.4, -0.2) is 46.9 Å². The maximum atomic E-state index is 9.05. The average molecular weight is 294 g/mol. The van der Waals surface area contributed by atoms with E-state index >= 15 is 0 Å². The number of nitriles is 1. The van der Waals surface area contributed by atoms with Gasteiger partial charge in [0, 0.05) is 13.2 Å². The molecule has 2 N–H and O–H groups in total. The van der Waals surface area contributed by atoms with E-state index in [2.05, 4.69) is 31.7 Å². The monoisotopic (exact) mass is 294 g/mol. The molecule has 0 bridgehead atoms. The van der Waals surface area contributed by atoms with Crippen molar-refractivity contribution < 1.29 is 9.47 Å². The molecule has 0 aliphatic rings. The molecule has 0 amide bonds. The van der Waals surface area contributed by atoms with Gasteiger partial charge in [-0.15, -0.1) is 0 Å². The minimum atomic E-state index is -0.784. The number of nitrogens with zero attached hydrogens (tertiary/aromatic N) is 4. The highest BCUT2D eigenvalue weighted by Gasteiger charge is 2.19. The number of nitrogens with one attached hydrogen (secondary N) is 2. The van der Waals surface area contributed by atoms with Crippen LogP contribution in [0, 0.1) is 11.3 Å². The molecule has 0 atom stereocenters. The fraction of sp³-hybridized carbons (Fsp3) is 0.692. The Hall–Kier alpha value is -2.14. The van der Waals surface area contributed by atoms with Gasteiger partial charge in [0.25, 0.3) is 0 Å². The Kier molecular flexibility index (Phi) is 6.62. The number of ether oxygens (including phenoxy) is 2. The second-order valence-corrected chi connectivity index (χ2v) is 4.70. The van der Waals surface area contributed by atoms with Crippen molar-refractivity contribution in [2.45, 2.75) is 33.2 Å². The molecule has 0 unspecified atom stereocenters. The van der Waals surface area contributed by atoms with Crippen LogP contribution in [0.5, 0.6) is 6.01 Å². The molecule has 0 spiro atoms. The molecule has 1 aromatic heterocycles. The summed E-state index contributed by atoms with van der Waals surface area (Å²) in [6.45, 7) is 9.44. The summed E-state index contributed by atoms with van der Waals surface area (Å²) in [5.41, 5.74) is -0.784. The van der Waals surface area contributed by atoms with Crippen molar-refractivity contribution in [3.63, 3.8) is 0 Å². The van der Waals surface area contributed by atoms with Gasteiger partial charge in [-0.2, -0.15) is 20.2 Å². The van der Waals surface area contributed by atoms with E-state index in [1.165, 1.54) is 0 Å². The van der Waals surface area contributed by atoms with Crippen LogP contribution in [0.2, 0.25) is 0 Å². The molecule has 8 nitrogen and oxygen atoms in total. The van der Waals surface area contributed by atoms with Crippen LogP contribution in [0.4, 0.5) is 11.9 Å². The fourth-order valence-electron chi connectivity index (χ4n) is 1.36. The SMILES string of the molecule is CCNc1nc(NC(C)(C)C#N)nc(OCCOCC)n1. The molecule has 0 aliphatic heterocycles. The van der Waals surface area contributed by atoms with Crippen molar-refractivity contribution in [2.24, 2.45) is 0 Å². The third-order valence-corrected chi connectivity index (χ3v) is 2.32. The zero-order chi connectivity index (χ0) is 15.7. The van der Waals surface area contributed by atoms with E-state index in [4.69, 9.17) is 14.7 Å². The summed E-state index contributed by atoms with van der Waals surface area (Å²) < 4.78 is 10.6. The first-order chi connectivity index (χ1) is 10.0. The maximum absolute atomic E-state index is 9.05. The van der Waals surface area contributed by atoms with Gasteiger partial charge in [0.15, 0.2) is 0 Å². The minimum Gasteiger partial charge on any atom is -0.461 e. The highest BCUT2D eigenvalue weighted by molar-refractivity contribution is 5.39. The van der Waals surface area contributed by atoms with Gasteiger partial charge in [-0.25, -0.2) is 0 Å². The third-order valence-electron chi connectivity index (χ3n) is 2.32. The first-order valence-corrected chi connectivity index (χ1v) is 6.90. The lowest BCUT2D eigenvalue weighted by Crippen LogP contribution is -2.30. The van der Waals surface area contributed by atoms with Crippen molar-refractivity contribution in [3.8, 4) is 12.1 Å². The number of hydrogen-bond donors (Lipinski definition) is 2. The van der Waals surface area contributed by atoms with Crippen molar-refractivity contribution in [1.29, 1.82) is 5.26 Å². The molecule has 8 heteroatoms. The highest BCUT2D eigenvalue weighted by Crippen LogP contribution is 2.15. The van der Waals surface area contributed by atoms with E-state index in [-0.39, 0.29) is 6.01 Å². The summed E-state index contributed by atoms with van der Waals surface area (Å²) >= 11 is 0. The van der Waals surface area contributed by atoms with E-state index in [1.54, 1.807) is 13.8 Å². The van der Waals surface area contributed by atoms with Crippen LogP contribution in [0.1, 0.15) is 27.7 Å². The molecule has 1 rings (SSSR count). The number of hydrogen-bond acceptors (Lipinski definition) is 8. The predicted molar refractivity (Wildman–Crippen MR) is 79.3 cm³/mol. The van der Waals surface area contributed by atoms with E-state index in [1.807, 2.05) is 13.8 Å². The van der Waals surface area contributed by atoms with Gasteiger partial charge in [-0.3, -0.25) is 0 Å². The normalized spacial score (nSPS) is 10.8. The van der Waals surface area contributed by atoms with E-state index < -0.39 is 5.54 Å². The number of aromatic nitrogens is 3. The first kappa shape index (κ1) is 16.9. The largest absolute Gasteiger partial charge is 0.461 e. The van der Waals surface area contributed by atoms with Crippen molar-refractivity contribution in [3.05, 3.63) is 0 Å². The summed E-state index contributed by atoms with van der Waals surface area (Å²) in [5, 5.41) is 15.0. The Morgan fingerprint density at radius 3 is 2.48 bits per heavy atom. The lowest BCUT2D eigenvalue weighted by Gasteiger charge is -2.18. The summed E-state index contributed by atoms with van der Waals surface area (Å²) in [6.07, 6.45) is 0. The van der Waals surface area contributed by atoms with Gasteiger partial charge in [0.05, 0.1) is 12.7 Å². The van der Waals surface area contributed by atoms with Crippen LogP contribution in [-0.2, 0) is 4.74 Å². The van der Waals surface area contributed by atoms with Gasteiger partial charge >= 0.3 is 6.01 Å². The number of rotatable bonds is 9. The average Bonchev–Trinajstić information content (AvgIpc) is 2.43. The Morgan fingerprint density at radius 2 is 1.86 bits per heavy atom. The Balaban J connectivity index is 2.82. The Morgan fingerprint density at radius 1 is 1.14 bits per heavy atom. The first-order valence-electron chi connectivity index (χ1n) is 6.90. The molecule has 1 aromatic rings. The molecule has 0 aliphatic carbocycles. The zero-order valence-corrected chi connectivity index (χ0v) is 12.9. The molecule has 0 saturated carbocycles. The number of anilines is 2. The molecular formula is C13H22N6O2. The van der Waals surface area contributed by atoms with E-state index in [0.29, 0.717) is 38.3 Å². The Labute approximate surface area is 124 Å². The standard InChI is InChI=1S/C13H22N6O2/c1-5-15-10-16-11(19-13(3,4)9-14)18-12(17-10)21-8-7-20-6-2/h5-8H2,1-4H3,(H2,15,16,17,18,19). The van der Waals surface area contributed by atoms with E-state index in [9.17, 15) is 0 Å². The van der Waals surface area contributed by atoms with Crippen LogP contribution in [0.25, 0.3) is 0 Å². The highest BCUT2D eigenvalue weighted by atomic mass is 16.5. The molecule has 0 fully saturated rings. The summed E-state index contributed by atoms with van der Waals surface area (Å²) in [7, 11) is 0. The topological polar surface area (TPSA) is 105 Å². The third kappa shape index (κ3) is 6.23. The summed E-state index contributed by atoms with van der Waals surface area (Å²) in [6, 6.07) is 2.32. The van der Waals surface area contributed by atoms with Gasteiger partial charge in [-0.05, 0) is 27.7 Å². The predicted octanol–water partition coefficient (Wildman–Crippen LogP) is 1.43. The molecule has 1 heterocycles. The van der Waals surface area contributed by atoms with Gasteiger partial charge in [0.1, 0.15) is 12.1 Å². The second kappa shape index (κ2) is 8.21. The Bertz CT molecular complexity index is 486. The smallest absolute Gasteiger partial charge is 0.323 e. The van der Waals surface area contributed by atoms with Gasteiger partial charge in [0.2, 0.25) is 11.9 Å². The van der Waals surface area contributed by atoms with Crippen LogP contribution >= 0.6 is 0 Å². The van der Waals surface area contributed by atoms with Gasteiger partial charge in [-0.1, -0.05) is 0 Å². The van der Waals surface area contributed by atoms with Crippen molar-refractivity contribution >= 4 is 11.9 Å². The lowest BCUT2D eigenvalue weighted by molar-refractivity contribution is 0.106. The second-order valence-electron chi connectivity index (χ2n) is 4.70. The fourth-order valence-corrected chi connectivity index (χ4v) is 1.36. The minimum absolute atomic E-state index is 0.192.